The predicted molar refractivity (Wildman–Crippen MR) is 124 cm³/mol. The first kappa shape index (κ1) is 21.9. The number of nitrogens with zero attached hydrogens (tertiary/aromatic N) is 1. The lowest BCUT2D eigenvalue weighted by Crippen LogP contribution is -2.34. The Morgan fingerprint density at radius 2 is 1.77 bits per heavy atom. The van der Waals surface area contributed by atoms with Gasteiger partial charge in [-0.3, -0.25) is 9.59 Å². The van der Waals surface area contributed by atoms with Crippen LogP contribution in [0.15, 0.2) is 48.5 Å². The molecule has 0 fully saturated rings. The van der Waals surface area contributed by atoms with Gasteiger partial charge in [-0.1, -0.05) is 50.1 Å². The van der Waals surface area contributed by atoms with Crippen LogP contribution in [-0.4, -0.2) is 33.3 Å². The number of aryl methyl sites for hydroxylation is 1. The zero-order valence-electron chi connectivity index (χ0n) is 17.6. The van der Waals surface area contributed by atoms with Gasteiger partial charge < -0.3 is 15.6 Å². The number of amides is 2. The molecule has 0 spiro atoms. The summed E-state index contributed by atoms with van der Waals surface area (Å²) in [5.41, 5.74) is 3.74. The van der Waals surface area contributed by atoms with Gasteiger partial charge in [0, 0.05) is 5.69 Å². The normalized spacial score (nSPS) is 13.0. The number of para-hydroxylation sites is 2. The van der Waals surface area contributed by atoms with Crippen LogP contribution in [0.2, 0.25) is 0 Å². The van der Waals surface area contributed by atoms with E-state index in [4.69, 9.17) is 0 Å². The quantitative estimate of drug-likeness (QED) is 0.474. The number of thioether (sulfide) groups is 1. The molecule has 0 bridgehead atoms. The predicted octanol–water partition coefficient (Wildman–Crippen LogP) is 4.45. The molecule has 158 valence electrons. The number of hydrogen-bond acceptors (Lipinski definition) is 4. The second kappa shape index (κ2) is 10.3. The Bertz CT molecular complexity index is 967. The molecule has 3 N–H and O–H groups in total. The second-order valence-corrected chi connectivity index (χ2v) is 8.46. The van der Waals surface area contributed by atoms with Crippen molar-refractivity contribution < 1.29 is 9.59 Å². The van der Waals surface area contributed by atoms with Crippen LogP contribution >= 0.6 is 11.8 Å². The van der Waals surface area contributed by atoms with Crippen molar-refractivity contribution in [2.24, 2.45) is 5.92 Å². The fourth-order valence-corrected chi connectivity index (χ4v) is 3.75. The molecule has 7 heteroatoms. The first-order valence-electron chi connectivity index (χ1n) is 10.1. The maximum Gasteiger partial charge on any atom is 0.234 e. The molecule has 0 saturated heterocycles. The zero-order chi connectivity index (χ0) is 21.5. The third-order valence-corrected chi connectivity index (χ3v) is 5.97. The van der Waals surface area contributed by atoms with E-state index in [0.717, 1.165) is 34.5 Å². The van der Waals surface area contributed by atoms with Crippen molar-refractivity contribution in [2.45, 2.75) is 33.2 Å². The fraction of sp³-hybridized carbons (Fsp3) is 0.348. The standard InChI is InChI=1S/C23H28N4O2S/c1-4-16(3)22(23-25-18-7-5-6-8-19(18)26-23)27-21(29)14-30-13-20(28)24-17-11-9-15(2)10-12-17/h5-12,16,22H,4,13-14H2,1-3H3,(H,24,28)(H,25,26)(H,27,29)/t16-,22-/m0/s1. The van der Waals surface area contributed by atoms with Crippen molar-refractivity contribution >= 4 is 40.3 Å². The third kappa shape index (κ3) is 5.86. The van der Waals surface area contributed by atoms with Gasteiger partial charge in [-0.15, -0.1) is 11.8 Å². The monoisotopic (exact) mass is 424 g/mol. The topological polar surface area (TPSA) is 86.9 Å². The summed E-state index contributed by atoms with van der Waals surface area (Å²) in [4.78, 5) is 32.6. The summed E-state index contributed by atoms with van der Waals surface area (Å²) in [6.45, 7) is 6.19. The van der Waals surface area contributed by atoms with Crippen LogP contribution in [0.4, 0.5) is 5.69 Å². The number of nitrogens with one attached hydrogen (secondary N) is 3. The van der Waals surface area contributed by atoms with E-state index in [1.807, 2.05) is 55.5 Å². The number of carbonyl (C=O) groups is 2. The number of anilines is 1. The molecule has 0 radical (unpaired) electrons. The smallest absolute Gasteiger partial charge is 0.234 e. The average Bonchev–Trinajstić information content (AvgIpc) is 3.17. The lowest BCUT2D eigenvalue weighted by molar-refractivity contribution is -0.119. The summed E-state index contributed by atoms with van der Waals surface area (Å²) in [5, 5.41) is 5.93. The van der Waals surface area contributed by atoms with Crippen LogP contribution in [-0.2, 0) is 9.59 Å². The van der Waals surface area contributed by atoms with Crippen molar-refractivity contribution in [1.29, 1.82) is 0 Å². The van der Waals surface area contributed by atoms with Gasteiger partial charge in [0.2, 0.25) is 11.8 Å². The summed E-state index contributed by atoms with van der Waals surface area (Å²) in [7, 11) is 0. The highest BCUT2D eigenvalue weighted by molar-refractivity contribution is 8.00. The van der Waals surface area contributed by atoms with Gasteiger partial charge in [-0.25, -0.2) is 4.98 Å². The molecule has 0 aliphatic carbocycles. The van der Waals surface area contributed by atoms with E-state index < -0.39 is 0 Å². The van der Waals surface area contributed by atoms with E-state index in [2.05, 4.69) is 34.4 Å². The first-order valence-corrected chi connectivity index (χ1v) is 11.3. The molecule has 2 atom stereocenters. The van der Waals surface area contributed by atoms with E-state index >= 15 is 0 Å². The Labute approximate surface area is 181 Å². The molecule has 0 saturated carbocycles. The molecule has 30 heavy (non-hydrogen) atoms. The molecule has 0 aliphatic rings. The van der Waals surface area contributed by atoms with Crippen LogP contribution in [0.25, 0.3) is 11.0 Å². The minimum Gasteiger partial charge on any atom is -0.345 e. The number of benzene rings is 2. The van der Waals surface area contributed by atoms with Crippen LogP contribution in [0.3, 0.4) is 0 Å². The van der Waals surface area contributed by atoms with Crippen molar-refractivity contribution in [2.75, 3.05) is 16.8 Å². The second-order valence-electron chi connectivity index (χ2n) is 7.48. The molecular formula is C23H28N4O2S. The molecule has 2 amide bonds. The molecule has 1 heterocycles. The maximum atomic E-state index is 12.5. The SMILES string of the molecule is CC[C@H](C)[C@H](NC(=O)CSCC(=O)Nc1ccc(C)cc1)c1nc2ccccc2[nH]1. The fourth-order valence-electron chi connectivity index (χ4n) is 3.12. The highest BCUT2D eigenvalue weighted by Crippen LogP contribution is 2.24. The van der Waals surface area contributed by atoms with Gasteiger partial charge in [0.25, 0.3) is 0 Å². The van der Waals surface area contributed by atoms with Gasteiger partial charge >= 0.3 is 0 Å². The number of aromatic nitrogens is 2. The Morgan fingerprint density at radius 3 is 2.47 bits per heavy atom. The number of carbonyl (C=O) groups excluding carboxylic acids is 2. The van der Waals surface area contributed by atoms with Crippen LogP contribution in [0.5, 0.6) is 0 Å². The average molecular weight is 425 g/mol. The lowest BCUT2D eigenvalue weighted by Gasteiger charge is -2.22. The van der Waals surface area contributed by atoms with Gasteiger partial charge in [-0.05, 0) is 37.1 Å². The van der Waals surface area contributed by atoms with Gasteiger partial charge in [0.05, 0.1) is 28.6 Å². The van der Waals surface area contributed by atoms with Crippen LogP contribution < -0.4 is 10.6 Å². The van der Waals surface area contributed by atoms with E-state index in [9.17, 15) is 9.59 Å². The molecule has 2 aromatic carbocycles. The zero-order valence-corrected chi connectivity index (χ0v) is 18.4. The molecule has 0 aliphatic heterocycles. The Hall–Kier alpha value is -2.80. The van der Waals surface area contributed by atoms with E-state index in [0.29, 0.717) is 0 Å². The van der Waals surface area contributed by atoms with Crippen LogP contribution in [0.1, 0.15) is 37.7 Å². The number of fused-ring (bicyclic) bond motifs is 1. The van der Waals surface area contributed by atoms with Crippen LogP contribution in [0, 0.1) is 12.8 Å². The number of imidazole rings is 1. The van der Waals surface area contributed by atoms with Crippen molar-refractivity contribution in [3.05, 3.63) is 59.9 Å². The summed E-state index contributed by atoms with van der Waals surface area (Å²) >= 11 is 1.30. The lowest BCUT2D eigenvalue weighted by atomic mass is 9.98. The number of rotatable bonds is 9. The molecule has 1 aromatic heterocycles. The number of hydrogen-bond donors (Lipinski definition) is 3. The summed E-state index contributed by atoms with van der Waals surface area (Å²) < 4.78 is 0. The molecule has 6 nitrogen and oxygen atoms in total. The Kier molecular flexibility index (Phi) is 7.52. The molecule has 3 rings (SSSR count). The van der Waals surface area contributed by atoms with E-state index in [1.165, 1.54) is 11.8 Å². The molecule has 3 aromatic rings. The number of H-pyrrole nitrogens is 1. The minimum atomic E-state index is -0.197. The van der Waals surface area contributed by atoms with Gasteiger partial charge in [0.1, 0.15) is 5.82 Å². The highest BCUT2D eigenvalue weighted by Gasteiger charge is 2.23. The largest absolute Gasteiger partial charge is 0.345 e. The third-order valence-electron chi connectivity index (χ3n) is 5.03. The van der Waals surface area contributed by atoms with Crippen molar-refractivity contribution in [3.63, 3.8) is 0 Å². The van der Waals surface area contributed by atoms with E-state index in [-0.39, 0.29) is 35.3 Å². The van der Waals surface area contributed by atoms with E-state index in [1.54, 1.807) is 0 Å². The summed E-state index contributed by atoms with van der Waals surface area (Å²) in [5.74, 6) is 1.21. The highest BCUT2D eigenvalue weighted by atomic mass is 32.2. The molecular weight excluding hydrogens is 396 g/mol. The molecule has 0 unspecified atom stereocenters. The van der Waals surface area contributed by atoms with Gasteiger partial charge in [0.15, 0.2) is 0 Å². The van der Waals surface area contributed by atoms with Crippen molar-refractivity contribution in [1.82, 2.24) is 15.3 Å². The summed E-state index contributed by atoms with van der Waals surface area (Å²) in [6, 6.07) is 15.3. The Balaban J connectivity index is 1.53. The van der Waals surface area contributed by atoms with Crippen molar-refractivity contribution in [3.8, 4) is 0 Å². The van der Waals surface area contributed by atoms with Gasteiger partial charge in [-0.2, -0.15) is 0 Å². The number of aromatic amines is 1. The Morgan fingerprint density at radius 1 is 1.07 bits per heavy atom. The minimum absolute atomic E-state index is 0.103. The maximum absolute atomic E-state index is 12.5. The summed E-state index contributed by atoms with van der Waals surface area (Å²) in [6.07, 6.45) is 0.911. The first-order chi connectivity index (χ1) is 14.5.